The molecule has 1 saturated heterocycles. The fourth-order valence-corrected chi connectivity index (χ4v) is 4.47. The van der Waals surface area contributed by atoms with Gasteiger partial charge in [0.25, 0.3) is 11.8 Å². The number of anilines is 1. The number of amides is 3. The van der Waals surface area contributed by atoms with Crippen molar-refractivity contribution in [2.45, 2.75) is 46.1 Å². The average Bonchev–Trinajstić information content (AvgIpc) is 2.92. The van der Waals surface area contributed by atoms with Crippen molar-refractivity contribution < 1.29 is 24.2 Å². The third kappa shape index (κ3) is 7.20. The normalized spacial score (nSPS) is 13.8. The second-order valence-electron chi connectivity index (χ2n) is 11.3. The van der Waals surface area contributed by atoms with E-state index >= 15 is 0 Å². The van der Waals surface area contributed by atoms with Gasteiger partial charge in [-0.3, -0.25) is 9.59 Å². The number of carbonyl (C=O) groups is 3. The van der Waals surface area contributed by atoms with Gasteiger partial charge in [-0.25, -0.2) is 4.79 Å². The predicted molar refractivity (Wildman–Crippen MR) is 156 cm³/mol. The van der Waals surface area contributed by atoms with Gasteiger partial charge in [-0.2, -0.15) is 0 Å². The number of hydrogen-bond donors (Lipinski definition) is 2. The van der Waals surface area contributed by atoms with Crippen LogP contribution in [0.15, 0.2) is 66.7 Å². The van der Waals surface area contributed by atoms with Gasteiger partial charge >= 0.3 is 6.09 Å². The predicted octanol–water partition coefficient (Wildman–Crippen LogP) is 6.13. The lowest BCUT2D eigenvalue weighted by atomic mass is 10.0. The van der Waals surface area contributed by atoms with Crippen molar-refractivity contribution in [3.8, 4) is 16.9 Å². The van der Waals surface area contributed by atoms with E-state index in [9.17, 15) is 19.5 Å². The number of carbonyl (C=O) groups excluding carboxylic acids is 3. The van der Waals surface area contributed by atoms with Crippen molar-refractivity contribution in [2.24, 2.45) is 0 Å². The molecule has 0 spiro atoms. The van der Waals surface area contributed by atoms with E-state index < -0.39 is 5.60 Å². The van der Waals surface area contributed by atoms with Crippen molar-refractivity contribution in [1.82, 2.24) is 9.80 Å². The van der Waals surface area contributed by atoms with Gasteiger partial charge in [0.15, 0.2) is 0 Å². The molecule has 0 saturated carbocycles. The van der Waals surface area contributed by atoms with Gasteiger partial charge in [0.2, 0.25) is 0 Å². The van der Waals surface area contributed by atoms with Crippen LogP contribution in [0.2, 0.25) is 0 Å². The Morgan fingerprint density at radius 2 is 1.40 bits per heavy atom. The Morgan fingerprint density at radius 3 is 1.98 bits per heavy atom. The lowest BCUT2D eigenvalue weighted by molar-refractivity contribution is 0.0141. The number of hydrogen-bond acceptors (Lipinski definition) is 5. The molecule has 210 valence electrons. The molecule has 8 nitrogen and oxygen atoms in total. The molecule has 3 aromatic rings. The third-order valence-electron chi connectivity index (χ3n) is 6.70. The van der Waals surface area contributed by atoms with Crippen LogP contribution in [-0.4, -0.2) is 64.6 Å². The molecule has 3 amide bonds. The molecule has 1 fully saturated rings. The quantitative estimate of drug-likeness (QED) is 0.404. The van der Waals surface area contributed by atoms with Gasteiger partial charge in [0.05, 0.1) is 0 Å². The Hall–Kier alpha value is -4.33. The summed E-state index contributed by atoms with van der Waals surface area (Å²) >= 11 is 0. The lowest BCUT2D eigenvalue weighted by Crippen LogP contribution is -2.51. The molecule has 3 aromatic carbocycles. The second-order valence-corrected chi connectivity index (χ2v) is 11.3. The number of nitrogens with zero attached hydrogens (tertiary/aromatic N) is 2. The minimum atomic E-state index is -0.564. The van der Waals surface area contributed by atoms with Gasteiger partial charge in [-0.1, -0.05) is 38.1 Å². The molecule has 1 aliphatic rings. The summed E-state index contributed by atoms with van der Waals surface area (Å²) < 4.78 is 5.43. The molecular weight excluding hydrogens is 506 g/mol. The fourth-order valence-electron chi connectivity index (χ4n) is 4.47. The van der Waals surface area contributed by atoms with Crippen LogP contribution < -0.4 is 5.32 Å². The zero-order chi connectivity index (χ0) is 29.0. The van der Waals surface area contributed by atoms with E-state index in [0.717, 1.165) is 5.56 Å². The molecule has 1 heterocycles. The first-order valence-electron chi connectivity index (χ1n) is 13.5. The molecule has 0 unspecified atom stereocenters. The summed E-state index contributed by atoms with van der Waals surface area (Å²) in [6, 6.07) is 19.5. The maximum Gasteiger partial charge on any atom is 0.410 e. The van der Waals surface area contributed by atoms with Crippen LogP contribution >= 0.6 is 0 Å². The maximum absolute atomic E-state index is 13.1. The van der Waals surface area contributed by atoms with Crippen LogP contribution in [0.3, 0.4) is 0 Å². The van der Waals surface area contributed by atoms with Gasteiger partial charge in [-0.15, -0.1) is 0 Å². The van der Waals surface area contributed by atoms with Crippen LogP contribution in [0.5, 0.6) is 5.75 Å². The van der Waals surface area contributed by atoms with E-state index in [1.807, 2.05) is 45.0 Å². The molecule has 2 N–H and O–H groups in total. The Bertz CT molecular complexity index is 1370. The molecule has 1 aliphatic heterocycles. The molecule has 8 heteroatoms. The first-order chi connectivity index (χ1) is 18.9. The van der Waals surface area contributed by atoms with Gasteiger partial charge in [0, 0.05) is 43.0 Å². The number of rotatable bonds is 5. The average molecular weight is 544 g/mol. The molecule has 0 aromatic heterocycles. The SMILES string of the molecule is CC(C)c1ccc(NC(=O)c2cc(O)cc(-c3ccc(C(=O)N4CCN(C(=O)OC(C)(C)C)CC4)cc3)c2)cc1. The highest BCUT2D eigenvalue weighted by molar-refractivity contribution is 6.05. The molecular formula is C32H37N3O5. The van der Waals surface area contributed by atoms with E-state index in [-0.39, 0.29) is 23.7 Å². The Balaban J connectivity index is 1.40. The van der Waals surface area contributed by atoms with Crippen molar-refractivity contribution >= 4 is 23.6 Å². The molecule has 40 heavy (non-hydrogen) atoms. The highest BCUT2D eigenvalue weighted by atomic mass is 16.6. The monoisotopic (exact) mass is 543 g/mol. The van der Waals surface area contributed by atoms with E-state index in [2.05, 4.69) is 19.2 Å². The van der Waals surface area contributed by atoms with E-state index in [1.54, 1.807) is 46.2 Å². The number of nitrogens with one attached hydrogen (secondary N) is 1. The lowest BCUT2D eigenvalue weighted by Gasteiger charge is -2.35. The summed E-state index contributed by atoms with van der Waals surface area (Å²) in [6.07, 6.45) is -0.368. The largest absolute Gasteiger partial charge is 0.508 e. The summed E-state index contributed by atoms with van der Waals surface area (Å²) in [5, 5.41) is 13.2. The van der Waals surface area contributed by atoms with E-state index in [1.165, 1.54) is 11.6 Å². The standard InChI is InChI=1S/C32H37N3O5/c1-21(2)22-10-12-27(13-11-22)33-29(37)26-18-25(19-28(36)20-26)23-6-8-24(9-7-23)30(38)34-14-16-35(17-15-34)31(39)40-32(3,4)5/h6-13,18-21,36H,14-17H2,1-5H3,(H,33,37). The van der Waals surface area contributed by atoms with Gasteiger partial charge < -0.3 is 25.0 Å². The van der Waals surface area contributed by atoms with Crippen LogP contribution in [0.4, 0.5) is 10.5 Å². The number of ether oxygens (including phenoxy) is 1. The van der Waals surface area contributed by atoms with Gasteiger partial charge in [0.1, 0.15) is 11.4 Å². The smallest absolute Gasteiger partial charge is 0.410 e. The Morgan fingerprint density at radius 1 is 0.800 bits per heavy atom. The summed E-state index contributed by atoms with van der Waals surface area (Å²) in [4.78, 5) is 41.6. The zero-order valence-corrected chi connectivity index (χ0v) is 23.7. The molecule has 0 atom stereocenters. The van der Waals surface area contributed by atoms with Gasteiger partial charge in [-0.05, 0) is 85.8 Å². The highest BCUT2D eigenvalue weighted by Gasteiger charge is 2.28. The summed E-state index contributed by atoms with van der Waals surface area (Å²) in [5.41, 5.74) is 3.56. The van der Waals surface area contributed by atoms with Crippen LogP contribution in [-0.2, 0) is 4.74 Å². The van der Waals surface area contributed by atoms with E-state index in [0.29, 0.717) is 54.5 Å². The third-order valence-corrected chi connectivity index (χ3v) is 6.70. The number of phenolic OH excluding ortho intramolecular Hbond substituents is 1. The topological polar surface area (TPSA) is 99.2 Å². The first kappa shape index (κ1) is 28.7. The number of aromatic hydroxyl groups is 1. The van der Waals surface area contributed by atoms with Crippen molar-refractivity contribution in [1.29, 1.82) is 0 Å². The minimum absolute atomic E-state index is 0.0270. The molecule has 0 radical (unpaired) electrons. The molecule has 0 aliphatic carbocycles. The summed E-state index contributed by atoms with van der Waals surface area (Å²) in [6.45, 7) is 11.4. The fraction of sp³-hybridized carbons (Fsp3) is 0.344. The Labute approximate surface area is 235 Å². The highest BCUT2D eigenvalue weighted by Crippen LogP contribution is 2.27. The number of piperazine rings is 1. The van der Waals surface area contributed by atoms with Crippen molar-refractivity contribution in [3.05, 3.63) is 83.4 Å². The summed E-state index contributed by atoms with van der Waals surface area (Å²) in [5.74, 6) is -0.0723. The molecule has 4 rings (SSSR count). The van der Waals surface area contributed by atoms with Crippen LogP contribution in [0, 0.1) is 0 Å². The van der Waals surface area contributed by atoms with Crippen LogP contribution in [0.25, 0.3) is 11.1 Å². The zero-order valence-electron chi connectivity index (χ0n) is 23.7. The summed E-state index contributed by atoms with van der Waals surface area (Å²) in [7, 11) is 0. The number of phenols is 1. The molecule has 0 bridgehead atoms. The van der Waals surface area contributed by atoms with Crippen molar-refractivity contribution in [2.75, 3.05) is 31.5 Å². The van der Waals surface area contributed by atoms with Crippen LogP contribution in [0.1, 0.15) is 66.8 Å². The maximum atomic E-state index is 13.1. The number of benzene rings is 3. The Kier molecular flexibility index (Phi) is 8.47. The minimum Gasteiger partial charge on any atom is -0.508 e. The van der Waals surface area contributed by atoms with Crippen molar-refractivity contribution in [3.63, 3.8) is 0 Å². The first-order valence-corrected chi connectivity index (χ1v) is 13.5. The second kappa shape index (κ2) is 11.8. The van der Waals surface area contributed by atoms with E-state index in [4.69, 9.17) is 4.74 Å².